The number of ether oxygens (including phenoxy) is 2. The van der Waals surface area contributed by atoms with Crippen LogP contribution in [0, 0.1) is 12.8 Å². The molecule has 3 aliphatic rings. The molecule has 3 heterocycles. The molecule has 0 bridgehead atoms. The van der Waals surface area contributed by atoms with Crippen LogP contribution in [0.3, 0.4) is 0 Å². The van der Waals surface area contributed by atoms with Gasteiger partial charge in [0.2, 0.25) is 0 Å². The van der Waals surface area contributed by atoms with Gasteiger partial charge in [-0.05, 0) is 52.2 Å². The van der Waals surface area contributed by atoms with Gasteiger partial charge >= 0.3 is 5.63 Å². The van der Waals surface area contributed by atoms with Crippen molar-refractivity contribution in [3.05, 3.63) is 39.7 Å². The molecule has 0 radical (unpaired) electrons. The molecule has 1 saturated carbocycles. The summed E-state index contributed by atoms with van der Waals surface area (Å²) in [5.74, 6) is 0.227. The van der Waals surface area contributed by atoms with E-state index >= 15 is 0 Å². The van der Waals surface area contributed by atoms with Gasteiger partial charge < -0.3 is 19.0 Å². The highest BCUT2D eigenvalue weighted by Crippen LogP contribution is 2.64. The quantitative estimate of drug-likeness (QED) is 0.588. The number of benzene rings is 1. The molecular formula is C20H22O5. The molecule has 25 heavy (non-hydrogen) atoms. The second-order valence-electron chi connectivity index (χ2n) is 8.47. The van der Waals surface area contributed by atoms with Crippen molar-refractivity contribution >= 4 is 11.0 Å². The molecule has 1 aromatic carbocycles. The van der Waals surface area contributed by atoms with Gasteiger partial charge in [-0.25, -0.2) is 4.79 Å². The Morgan fingerprint density at radius 1 is 1.24 bits per heavy atom. The minimum absolute atomic E-state index is 0.225. The number of aryl methyl sites for hydroxylation is 1. The van der Waals surface area contributed by atoms with Crippen LogP contribution in [-0.2, 0) is 10.3 Å². The van der Waals surface area contributed by atoms with Crippen LogP contribution in [0.25, 0.3) is 11.0 Å². The molecular weight excluding hydrogens is 320 g/mol. The first-order chi connectivity index (χ1) is 11.7. The van der Waals surface area contributed by atoms with Crippen molar-refractivity contribution in [3.8, 4) is 5.75 Å². The number of epoxide rings is 1. The number of hydrogen-bond donors (Lipinski definition) is 1. The van der Waals surface area contributed by atoms with Gasteiger partial charge in [0.25, 0.3) is 0 Å². The minimum Gasteiger partial charge on any atom is -0.486 e. The first-order valence-corrected chi connectivity index (χ1v) is 8.84. The van der Waals surface area contributed by atoms with Crippen LogP contribution >= 0.6 is 0 Å². The van der Waals surface area contributed by atoms with Crippen molar-refractivity contribution in [2.24, 2.45) is 5.92 Å². The Morgan fingerprint density at radius 3 is 2.76 bits per heavy atom. The summed E-state index contributed by atoms with van der Waals surface area (Å²) in [7, 11) is 0. The number of fused-ring (bicyclic) bond motifs is 7. The van der Waals surface area contributed by atoms with Crippen molar-refractivity contribution in [1.29, 1.82) is 0 Å². The molecule has 5 heteroatoms. The third-order valence-corrected chi connectivity index (χ3v) is 6.45. The SMILES string of the molecule is Cc1cccc2oc(=O)c3c(c12)OC(C)(C)[C@@H]1CC[C@]2(C)O[C@@H]2[C@@]31O. The largest absolute Gasteiger partial charge is 0.486 e. The highest BCUT2D eigenvalue weighted by atomic mass is 16.6. The van der Waals surface area contributed by atoms with Crippen LogP contribution in [0.1, 0.15) is 44.7 Å². The Morgan fingerprint density at radius 2 is 2.00 bits per heavy atom. The van der Waals surface area contributed by atoms with E-state index in [2.05, 4.69) is 0 Å². The van der Waals surface area contributed by atoms with Crippen LogP contribution in [0.5, 0.6) is 5.75 Å². The van der Waals surface area contributed by atoms with Crippen LogP contribution in [0.15, 0.2) is 27.4 Å². The summed E-state index contributed by atoms with van der Waals surface area (Å²) in [6, 6.07) is 5.56. The Kier molecular flexibility index (Phi) is 2.63. The molecule has 4 atom stereocenters. The molecule has 0 unspecified atom stereocenters. The van der Waals surface area contributed by atoms with Crippen LogP contribution in [0.2, 0.25) is 0 Å². The van der Waals surface area contributed by atoms with Crippen LogP contribution in [0.4, 0.5) is 0 Å². The Hall–Kier alpha value is -1.85. The van der Waals surface area contributed by atoms with Crippen LogP contribution in [-0.4, -0.2) is 22.4 Å². The van der Waals surface area contributed by atoms with Crippen molar-refractivity contribution in [1.82, 2.24) is 0 Å². The average molecular weight is 342 g/mol. The first kappa shape index (κ1) is 15.4. The summed E-state index contributed by atoms with van der Waals surface area (Å²) in [4.78, 5) is 12.9. The average Bonchev–Trinajstić information content (AvgIpc) is 3.19. The monoisotopic (exact) mass is 342 g/mol. The number of rotatable bonds is 0. The maximum absolute atomic E-state index is 12.9. The number of hydrogen-bond acceptors (Lipinski definition) is 5. The molecule has 1 aliphatic carbocycles. The maximum atomic E-state index is 12.9. The van der Waals surface area contributed by atoms with E-state index in [4.69, 9.17) is 13.9 Å². The van der Waals surface area contributed by atoms with E-state index in [1.807, 2.05) is 39.8 Å². The van der Waals surface area contributed by atoms with Crippen molar-refractivity contribution in [3.63, 3.8) is 0 Å². The standard InChI is InChI=1S/C20H22O5/c1-10-6-5-7-11-13(10)15-14(16(21)23-11)20(22)12(18(2,3)24-15)8-9-19(4)17(20)25-19/h5-7,12,17,22H,8-9H2,1-4H3/t12-,17-,19-,20-/m0/s1. The molecule has 2 fully saturated rings. The molecule has 1 N–H and O–H groups in total. The second kappa shape index (κ2) is 4.27. The van der Waals surface area contributed by atoms with Gasteiger partial charge in [-0.3, -0.25) is 0 Å². The lowest BCUT2D eigenvalue weighted by molar-refractivity contribution is -0.148. The fourth-order valence-corrected chi connectivity index (χ4v) is 5.16. The second-order valence-corrected chi connectivity index (χ2v) is 8.47. The van der Waals surface area contributed by atoms with E-state index in [0.29, 0.717) is 11.3 Å². The van der Waals surface area contributed by atoms with Crippen molar-refractivity contribution in [2.75, 3.05) is 0 Å². The fourth-order valence-electron chi connectivity index (χ4n) is 5.16. The van der Waals surface area contributed by atoms with Gasteiger partial charge in [0.05, 0.1) is 11.0 Å². The third kappa shape index (κ3) is 1.73. The summed E-state index contributed by atoms with van der Waals surface area (Å²) >= 11 is 0. The van der Waals surface area contributed by atoms with E-state index in [0.717, 1.165) is 23.8 Å². The van der Waals surface area contributed by atoms with Gasteiger partial charge in [-0.15, -0.1) is 0 Å². The topological polar surface area (TPSA) is 72.2 Å². The zero-order valence-corrected chi connectivity index (χ0v) is 14.9. The normalized spacial score (nSPS) is 37.6. The van der Waals surface area contributed by atoms with E-state index in [-0.39, 0.29) is 17.1 Å². The molecule has 2 aromatic rings. The van der Waals surface area contributed by atoms with E-state index in [1.165, 1.54) is 0 Å². The first-order valence-electron chi connectivity index (χ1n) is 8.84. The molecule has 1 aromatic heterocycles. The molecule has 2 aliphatic heterocycles. The summed E-state index contributed by atoms with van der Waals surface area (Å²) in [5.41, 5.74) is -1.24. The zero-order chi connectivity index (χ0) is 17.8. The molecule has 5 rings (SSSR count). The van der Waals surface area contributed by atoms with Gasteiger partial charge in [0.1, 0.15) is 34.2 Å². The van der Waals surface area contributed by atoms with Gasteiger partial charge in [-0.1, -0.05) is 12.1 Å². The van der Waals surface area contributed by atoms with Gasteiger partial charge in [-0.2, -0.15) is 0 Å². The highest BCUT2D eigenvalue weighted by molar-refractivity contribution is 5.88. The van der Waals surface area contributed by atoms with Crippen molar-refractivity contribution in [2.45, 2.75) is 63.4 Å². The Balaban J connectivity index is 1.90. The predicted molar refractivity (Wildman–Crippen MR) is 91.8 cm³/mol. The molecule has 5 nitrogen and oxygen atoms in total. The molecule has 0 spiro atoms. The Bertz CT molecular complexity index is 974. The van der Waals surface area contributed by atoms with E-state index in [1.54, 1.807) is 6.07 Å². The van der Waals surface area contributed by atoms with E-state index in [9.17, 15) is 9.90 Å². The number of aliphatic hydroxyl groups is 1. The van der Waals surface area contributed by atoms with E-state index < -0.39 is 22.9 Å². The third-order valence-electron chi connectivity index (χ3n) is 6.45. The molecule has 0 amide bonds. The van der Waals surface area contributed by atoms with Crippen LogP contribution < -0.4 is 10.4 Å². The highest BCUT2D eigenvalue weighted by Gasteiger charge is 2.73. The minimum atomic E-state index is -1.39. The predicted octanol–water partition coefficient (Wildman–Crippen LogP) is 3.03. The van der Waals surface area contributed by atoms with Gasteiger partial charge in [0.15, 0.2) is 0 Å². The smallest absolute Gasteiger partial charge is 0.346 e. The lowest BCUT2D eigenvalue weighted by Crippen LogP contribution is -2.61. The summed E-state index contributed by atoms with van der Waals surface area (Å²) in [5, 5.41) is 12.6. The summed E-state index contributed by atoms with van der Waals surface area (Å²) < 4.78 is 17.8. The zero-order valence-electron chi connectivity index (χ0n) is 14.9. The summed E-state index contributed by atoms with van der Waals surface area (Å²) in [6.45, 7) is 7.92. The van der Waals surface area contributed by atoms with Crippen molar-refractivity contribution < 1.29 is 19.0 Å². The molecule has 132 valence electrons. The summed E-state index contributed by atoms with van der Waals surface area (Å²) in [6.07, 6.45) is 1.19. The molecule has 1 saturated heterocycles. The maximum Gasteiger partial charge on any atom is 0.346 e. The lowest BCUT2D eigenvalue weighted by Gasteiger charge is -2.51. The fraction of sp³-hybridized carbons (Fsp3) is 0.550. The Labute approximate surface area is 145 Å². The van der Waals surface area contributed by atoms with Gasteiger partial charge in [0, 0.05) is 5.92 Å². The lowest BCUT2D eigenvalue weighted by atomic mass is 9.61.